The molecule has 4 nitrogen and oxygen atoms in total. The number of nitrogens with zero attached hydrogens (tertiary/aromatic N) is 3. The Balaban J connectivity index is 1.15. The van der Waals surface area contributed by atoms with Crippen molar-refractivity contribution in [3.63, 3.8) is 0 Å². The van der Waals surface area contributed by atoms with E-state index in [4.69, 9.17) is 19.4 Å². The highest BCUT2D eigenvalue weighted by Crippen LogP contribution is 2.44. The highest BCUT2D eigenvalue weighted by atomic mass is 16.3. The van der Waals surface area contributed by atoms with Gasteiger partial charge in [-0.1, -0.05) is 158 Å². The van der Waals surface area contributed by atoms with E-state index in [1.807, 2.05) is 12.1 Å². The smallest absolute Gasteiger partial charge is 0.164 e. The second kappa shape index (κ2) is 12.6. The van der Waals surface area contributed by atoms with Gasteiger partial charge in [0.25, 0.3) is 0 Å². The molecule has 0 saturated carbocycles. The maximum Gasteiger partial charge on any atom is 0.164 e. The summed E-state index contributed by atoms with van der Waals surface area (Å²) in [4.78, 5) is 15.6. The third-order valence-electron chi connectivity index (χ3n) is 10.7. The molecule has 0 unspecified atom stereocenters. The Bertz CT molecular complexity index is 3180. The minimum atomic E-state index is 0.596. The van der Waals surface area contributed by atoms with E-state index >= 15 is 0 Å². The minimum absolute atomic E-state index is 0.596. The fourth-order valence-corrected chi connectivity index (χ4v) is 8.01. The van der Waals surface area contributed by atoms with Crippen LogP contribution in [0.15, 0.2) is 192 Å². The third-order valence-corrected chi connectivity index (χ3v) is 10.7. The molecule has 0 N–H and O–H groups in total. The number of hydrogen-bond acceptors (Lipinski definition) is 4. The van der Waals surface area contributed by atoms with E-state index in [0.717, 1.165) is 71.3 Å². The van der Waals surface area contributed by atoms with Gasteiger partial charge in [0.15, 0.2) is 17.5 Å². The van der Waals surface area contributed by atoms with Gasteiger partial charge in [0.2, 0.25) is 0 Å². The number of hydrogen-bond donors (Lipinski definition) is 0. The fraction of sp³-hybridized carbons (Fsp3) is 0. The molecule has 0 atom stereocenters. The van der Waals surface area contributed by atoms with Crippen LogP contribution in [0.5, 0.6) is 0 Å². The van der Waals surface area contributed by atoms with Crippen molar-refractivity contribution in [2.75, 3.05) is 0 Å². The van der Waals surface area contributed by atoms with Gasteiger partial charge in [-0.25, -0.2) is 15.0 Å². The summed E-state index contributed by atoms with van der Waals surface area (Å²) < 4.78 is 6.75. The largest absolute Gasteiger partial charge is 0.456 e. The Morgan fingerprint density at radius 2 is 0.855 bits per heavy atom. The van der Waals surface area contributed by atoms with Crippen LogP contribution in [0.25, 0.3) is 111 Å². The maximum atomic E-state index is 6.75. The quantitative estimate of drug-likeness (QED) is 0.179. The predicted octanol–water partition coefficient (Wildman–Crippen LogP) is 13.6. The van der Waals surface area contributed by atoms with Crippen LogP contribution in [-0.4, -0.2) is 15.0 Å². The Morgan fingerprint density at radius 1 is 0.291 bits per heavy atom. The minimum Gasteiger partial charge on any atom is -0.456 e. The average molecular weight is 702 g/mol. The predicted molar refractivity (Wildman–Crippen MR) is 227 cm³/mol. The number of aromatic nitrogens is 3. The number of fused-ring (bicyclic) bond motifs is 7. The lowest BCUT2D eigenvalue weighted by molar-refractivity contribution is 0.669. The highest BCUT2D eigenvalue weighted by Gasteiger charge is 2.21. The molecule has 4 heteroatoms. The maximum absolute atomic E-state index is 6.75. The molecule has 0 aliphatic heterocycles. The van der Waals surface area contributed by atoms with Crippen molar-refractivity contribution in [3.8, 4) is 56.4 Å². The van der Waals surface area contributed by atoms with Crippen LogP contribution in [0, 0.1) is 0 Å². The van der Waals surface area contributed by atoms with E-state index < -0.39 is 0 Å². The SMILES string of the molecule is c1ccc(-c2cccc(-c3cc4oc5cccc(-c6nc(-c7ccc8ccccc8c7)nc(-c7ccc8ccccc8c7)n6)c5c4c4ccccc34)c2)cc1. The molecule has 0 fully saturated rings. The zero-order valence-electron chi connectivity index (χ0n) is 29.6. The second-order valence-electron chi connectivity index (χ2n) is 14.0. The number of benzene rings is 9. The first-order valence-corrected chi connectivity index (χ1v) is 18.5. The van der Waals surface area contributed by atoms with Gasteiger partial charge in [-0.3, -0.25) is 0 Å². The van der Waals surface area contributed by atoms with Crippen molar-refractivity contribution < 1.29 is 4.42 Å². The normalized spacial score (nSPS) is 11.6. The first kappa shape index (κ1) is 31.1. The van der Waals surface area contributed by atoms with Gasteiger partial charge in [0.05, 0.1) is 0 Å². The summed E-state index contributed by atoms with van der Waals surface area (Å²) in [6.45, 7) is 0. The van der Waals surface area contributed by atoms with Gasteiger partial charge in [-0.2, -0.15) is 0 Å². The van der Waals surface area contributed by atoms with Gasteiger partial charge >= 0.3 is 0 Å². The number of rotatable bonds is 5. The lowest BCUT2D eigenvalue weighted by Crippen LogP contribution is -2.00. The molecule has 55 heavy (non-hydrogen) atoms. The lowest BCUT2D eigenvalue weighted by Gasteiger charge is -2.12. The standard InChI is InChI=1S/C51H31N3O/c1-2-12-32(13-3-1)37-18-10-19-38(28-37)44-31-46-47(42-21-9-8-20-41(42)44)48-43(22-11-23-45(48)55-46)51-53-49(39-26-24-33-14-4-6-16-35(33)29-39)52-50(54-51)40-27-25-34-15-5-7-17-36(34)30-40/h1-31H. The van der Waals surface area contributed by atoms with Gasteiger partial charge in [-0.15, -0.1) is 0 Å². The summed E-state index contributed by atoms with van der Waals surface area (Å²) in [5.41, 5.74) is 8.98. The zero-order valence-corrected chi connectivity index (χ0v) is 29.6. The van der Waals surface area contributed by atoms with Crippen molar-refractivity contribution >= 4 is 54.3 Å². The highest BCUT2D eigenvalue weighted by molar-refractivity contribution is 6.25. The van der Waals surface area contributed by atoms with Gasteiger partial charge in [0.1, 0.15) is 11.2 Å². The van der Waals surface area contributed by atoms with Gasteiger partial charge in [0, 0.05) is 27.5 Å². The molecule has 2 aromatic heterocycles. The van der Waals surface area contributed by atoms with E-state index in [1.54, 1.807) is 0 Å². The fourth-order valence-electron chi connectivity index (χ4n) is 8.01. The lowest BCUT2D eigenvalue weighted by atomic mass is 9.92. The van der Waals surface area contributed by atoms with Crippen molar-refractivity contribution in [2.24, 2.45) is 0 Å². The molecule has 0 aliphatic carbocycles. The Hall–Kier alpha value is -7.43. The van der Waals surface area contributed by atoms with E-state index in [9.17, 15) is 0 Å². The van der Waals surface area contributed by atoms with Crippen molar-refractivity contribution in [2.45, 2.75) is 0 Å². The Morgan fingerprint density at radius 3 is 1.56 bits per heavy atom. The molecule has 2 heterocycles. The summed E-state index contributed by atoms with van der Waals surface area (Å²) in [5.74, 6) is 1.83. The molecule has 11 aromatic rings. The van der Waals surface area contributed by atoms with Crippen LogP contribution in [0.1, 0.15) is 0 Å². The molecular formula is C51H31N3O. The molecular weight excluding hydrogens is 671 g/mol. The van der Waals surface area contributed by atoms with Crippen LogP contribution in [0.3, 0.4) is 0 Å². The van der Waals surface area contributed by atoms with Gasteiger partial charge in [-0.05, 0) is 84.9 Å². The van der Waals surface area contributed by atoms with E-state index in [2.05, 4.69) is 176 Å². The summed E-state index contributed by atoms with van der Waals surface area (Å²) in [5, 5.41) is 8.91. The second-order valence-corrected chi connectivity index (χ2v) is 14.0. The molecule has 0 saturated heterocycles. The molecule has 0 spiro atoms. The topological polar surface area (TPSA) is 51.8 Å². The number of furan rings is 1. The molecule has 0 amide bonds. The first-order valence-electron chi connectivity index (χ1n) is 18.5. The van der Waals surface area contributed by atoms with Crippen LogP contribution in [0.2, 0.25) is 0 Å². The van der Waals surface area contributed by atoms with Crippen LogP contribution in [0.4, 0.5) is 0 Å². The van der Waals surface area contributed by atoms with E-state index in [1.165, 1.54) is 21.9 Å². The first-order chi connectivity index (χ1) is 27.2. The Labute approximate surface area is 317 Å². The van der Waals surface area contributed by atoms with E-state index in [-0.39, 0.29) is 0 Å². The van der Waals surface area contributed by atoms with Crippen molar-refractivity contribution in [1.29, 1.82) is 0 Å². The third kappa shape index (κ3) is 5.34. The van der Waals surface area contributed by atoms with Crippen LogP contribution >= 0.6 is 0 Å². The van der Waals surface area contributed by atoms with Gasteiger partial charge < -0.3 is 4.42 Å². The summed E-state index contributed by atoms with van der Waals surface area (Å²) in [6.07, 6.45) is 0. The zero-order chi connectivity index (χ0) is 36.3. The van der Waals surface area contributed by atoms with Crippen LogP contribution in [-0.2, 0) is 0 Å². The molecule has 256 valence electrons. The van der Waals surface area contributed by atoms with Crippen molar-refractivity contribution in [1.82, 2.24) is 15.0 Å². The molecule has 11 rings (SSSR count). The van der Waals surface area contributed by atoms with E-state index in [0.29, 0.717) is 17.5 Å². The summed E-state index contributed by atoms with van der Waals surface area (Å²) >= 11 is 0. The summed E-state index contributed by atoms with van der Waals surface area (Å²) in [6, 6.07) is 65.8. The monoisotopic (exact) mass is 701 g/mol. The molecule has 0 aliphatic rings. The Kier molecular flexibility index (Phi) is 7.14. The van der Waals surface area contributed by atoms with Crippen LogP contribution < -0.4 is 0 Å². The summed E-state index contributed by atoms with van der Waals surface area (Å²) in [7, 11) is 0. The molecule has 9 aromatic carbocycles. The van der Waals surface area contributed by atoms with Crippen molar-refractivity contribution in [3.05, 3.63) is 188 Å². The molecule has 0 bridgehead atoms. The molecule has 0 radical (unpaired) electrons. The average Bonchev–Trinajstić information content (AvgIpc) is 3.65.